The van der Waals surface area contributed by atoms with Crippen LogP contribution in [-0.2, 0) is 11.4 Å². The van der Waals surface area contributed by atoms with Gasteiger partial charge in [0.05, 0.1) is 4.97 Å². The fraction of sp³-hybridized carbons (Fsp3) is 0.143. The van der Waals surface area contributed by atoms with E-state index in [-0.39, 0.29) is 11.6 Å². The van der Waals surface area contributed by atoms with Crippen molar-refractivity contribution in [3.05, 3.63) is 41.1 Å². The van der Waals surface area contributed by atoms with Gasteiger partial charge in [0.2, 0.25) is 5.28 Å². The Hall–Kier alpha value is -1.78. The molecule has 0 unspecified atom stereocenters. The molecule has 0 saturated carbocycles. The van der Waals surface area contributed by atoms with Gasteiger partial charge in [-0.25, -0.2) is 0 Å². The quantitative estimate of drug-likeness (QED) is 0.315. The third-order valence-corrected chi connectivity index (χ3v) is 1.21. The van der Waals surface area contributed by atoms with Crippen LogP contribution in [0.4, 0.5) is 0 Å². The van der Waals surface area contributed by atoms with E-state index in [9.17, 15) is 5.21 Å². The van der Waals surface area contributed by atoms with Crippen molar-refractivity contribution in [1.29, 1.82) is 0 Å². The summed E-state index contributed by atoms with van der Waals surface area (Å²) in [6.45, 7) is 0.247. The van der Waals surface area contributed by atoms with Crippen molar-refractivity contribution in [2.75, 3.05) is 0 Å². The average Bonchev–Trinajstić information content (AvgIpc) is 2.05. The molecule has 0 aromatic heterocycles. The maximum Gasteiger partial charge on any atom is 0.233 e. The van der Waals surface area contributed by atoms with Gasteiger partial charge < -0.3 is 10.0 Å². The van der Waals surface area contributed by atoms with Crippen molar-refractivity contribution < 1.29 is 9.81 Å². The summed E-state index contributed by atoms with van der Waals surface area (Å²) < 4.78 is 0. The Kier molecular flexibility index (Phi) is 2.89. The lowest BCUT2D eigenvalue weighted by Crippen LogP contribution is -2.08. The molecule has 1 aromatic carbocycles. The van der Waals surface area contributed by atoms with Crippen molar-refractivity contribution in [3.8, 4) is 0 Å². The van der Waals surface area contributed by atoms with E-state index in [1.54, 1.807) is 0 Å². The molecule has 2 N–H and O–H groups in total. The highest BCUT2D eigenvalue weighted by molar-refractivity contribution is 5.13. The largest absolute Gasteiger partial charge is 0.569 e. The Morgan fingerprint density at radius 3 is 2.67 bits per heavy atom. The Bertz CT molecular complexity index is 257. The summed E-state index contributed by atoms with van der Waals surface area (Å²) >= 11 is 0. The highest BCUT2D eigenvalue weighted by Gasteiger charge is 1.91. The standard InChI is InChI=1S/C7H9N3O2/c8-10(11)9-12-6-7-4-2-1-3-5-7/h1-5H,6H2,(H2,8,9). The van der Waals surface area contributed by atoms with E-state index in [2.05, 4.69) is 16.0 Å². The summed E-state index contributed by atoms with van der Waals surface area (Å²) in [7, 11) is 0. The van der Waals surface area contributed by atoms with Crippen molar-refractivity contribution in [2.24, 2.45) is 11.1 Å². The number of rotatable bonds is 3. The molecule has 0 amide bonds. The fourth-order valence-corrected chi connectivity index (χ4v) is 0.735. The minimum Gasteiger partial charge on any atom is -0.569 e. The fourth-order valence-electron chi connectivity index (χ4n) is 0.735. The summed E-state index contributed by atoms with van der Waals surface area (Å²) in [5, 5.41) is 13.0. The lowest BCUT2D eigenvalue weighted by atomic mass is 10.2. The zero-order valence-corrected chi connectivity index (χ0v) is 6.38. The number of hydrogen-bond donors (Lipinski definition) is 1. The Balaban J connectivity index is 2.39. The molecule has 0 fully saturated rings. The van der Waals surface area contributed by atoms with E-state index in [0.29, 0.717) is 0 Å². The number of hydrogen-bond acceptors (Lipinski definition) is 3. The van der Waals surface area contributed by atoms with Gasteiger partial charge in [0.1, 0.15) is 6.61 Å². The first-order chi connectivity index (χ1) is 5.79. The second-order valence-corrected chi connectivity index (χ2v) is 2.14. The maximum absolute atomic E-state index is 10.0. The summed E-state index contributed by atoms with van der Waals surface area (Å²) in [6.07, 6.45) is 0. The third kappa shape index (κ3) is 2.87. The first kappa shape index (κ1) is 8.32. The zero-order valence-electron chi connectivity index (χ0n) is 6.38. The van der Waals surface area contributed by atoms with Gasteiger partial charge in [-0.2, -0.15) is 5.84 Å². The summed E-state index contributed by atoms with van der Waals surface area (Å²) in [4.78, 5) is 4.47. The minimum absolute atomic E-state index is 0.122. The molecule has 0 heterocycles. The van der Waals surface area contributed by atoms with E-state index in [4.69, 9.17) is 0 Å². The molecule has 0 radical (unpaired) electrons. The van der Waals surface area contributed by atoms with Crippen LogP contribution in [0, 0.1) is 5.21 Å². The molecular weight excluding hydrogens is 158 g/mol. The Morgan fingerprint density at radius 2 is 2.08 bits per heavy atom. The van der Waals surface area contributed by atoms with Crippen LogP contribution < -0.4 is 5.84 Å². The normalized spacial score (nSPS) is 11.2. The predicted octanol–water partition coefficient (Wildman–Crippen LogP) is 0.954. The molecule has 5 nitrogen and oxygen atoms in total. The zero-order chi connectivity index (χ0) is 8.81. The monoisotopic (exact) mass is 167 g/mol. The van der Waals surface area contributed by atoms with Gasteiger partial charge >= 0.3 is 0 Å². The lowest BCUT2D eigenvalue weighted by Gasteiger charge is -1.95. The molecule has 0 aliphatic carbocycles. The minimum atomic E-state index is -0.122. The van der Waals surface area contributed by atoms with Crippen LogP contribution in [0.1, 0.15) is 5.56 Å². The highest BCUT2D eigenvalue weighted by Crippen LogP contribution is 1.99. The maximum atomic E-state index is 10.0. The van der Waals surface area contributed by atoms with Crippen LogP contribution in [-0.4, -0.2) is 4.97 Å². The molecule has 0 spiro atoms. The van der Waals surface area contributed by atoms with Crippen molar-refractivity contribution in [3.63, 3.8) is 0 Å². The average molecular weight is 167 g/mol. The second kappa shape index (κ2) is 4.17. The molecule has 0 saturated heterocycles. The van der Waals surface area contributed by atoms with Crippen LogP contribution >= 0.6 is 0 Å². The number of nitrogens with zero attached hydrogens (tertiary/aromatic N) is 2. The molecule has 0 atom stereocenters. The molecular formula is C7H9N3O2. The predicted molar refractivity (Wildman–Crippen MR) is 41.5 cm³/mol. The molecule has 0 aliphatic heterocycles. The van der Waals surface area contributed by atoms with Crippen LogP contribution in [0.3, 0.4) is 0 Å². The SMILES string of the molecule is N/[N+]([O-])=N/OCc1ccccc1. The molecule has 1 rings (SSSR count). The van der Waals surface area contributed by atoms with Gasteiger partial charge in [0.15, 0.2) is 0 Å². The van der Waals surface area contributed by atoms with Gasteiger partial charge in [0, 0.05) is 0 Å². The van der Waals surface area contributed by atoms with Crippen LogP contribution in [0.15, 0.2) is 35.6 Å². The molecule has 64 valence electrons. The van der Waals surface area contributed by atoms with Gasteiger partial charge in [-0.3, -0.25) is 0 Å². The number of nitrogens with two attached hydrogens (primary N) is 1. The van der Waals surface area contributed by atoms with Crippen LogP contribution in [0.25, 0.3) is 0 Å². The van der Waals surface area contributed by atoms with E-state index < -0.39 is 0 Å². The van der Waals surface area contributed by atoms with Gasteiger partial charge in [-0.05, 0) is 5.56 Å². The molecule has 5 heteroatoms. The van der Waals surface area contributed by atoms with Crippen LogP contribution in [0.2, 0.25) is 0 Å². The molecule has 1 aromatic rings. The molecule has 0 bridgehead atoms. The summed E-state index contributed by atoms with van der Waals surface area (Å²) in [5.41, 5.74) is 0.933. The smallest absolute Gasteiger partial charge is 0.233 e. The molecule has 0 aliphatic rings. The van der Waals surface area contributed by atoms with E-state index >= 15 is 0 Å². The third-order valence-electron chi connectivity index (χ3n) is 1.21. The van der Waals surface area contributed by atoms with Gasteiger partial charge in [-0.1, -0.05) is 30.3 Å². The Morgan fingerprint density at radius 1 is 1.42 bits per heavy atom. The van der Waals surface area contributed by atoms with E-state index in [1.165, 1.54) is 0 Å². The van der Waals surface area contributed by atoms with Gasteiger partial charge in [0.25, 0.3) is 0 Å². The first-order valence-electron chi connectivity index (χ1n) is 3.38. The highest BCUT2D eigenvalue weighted by atomic mass is 16.7. The Labute approximate surface area is 69.6 Å². The van der Waals surface area contributed by atoms with Crippen molar-refractivity contribution >= 4 is 0 Å². The first-order valence-corrected chi connectivity index (χ1v) is 3.38. The number of hydrazine groups is 1. The van der Waals surface area contributed by atoms with Crippen LogP contribution in [0.5, 0.6) is 0 Å². The van der Waals surface area contributed by atoms with Crippen molar-refractivity contribution in [2.45, 2.75) is 6.61 Å². The molecule has 12 heavy (non-hydrogen) atoms. The topological polar surface area (TPSA) is 73.7 Å². The van der Waals surface area contributed by atoms with Gasteiger partial charge in [-0.15, -0.1) is 0 Å². The lowest BCUT2D eigenvalue weighted by molar-refractivity contribution is -0.570. The van der Waals surface area contributed by atoms with Crippen molar-refractivity contribution in [1.82, 2.24) is 0 Å². The summed E-state index contributed by atoms with van der Waals surface area (Å²) in [5.74, 6) is 4.64. The summed E-state index contributed by atoms with van der Waals surface area (Å²) in [6, 6.07) is 9.36. The second-order valence-electron chi connectivity index (χ2n) is 2.14. The van der Waals surface area contributed by atoms with E-state index in [0.717, 1.165) is 5.56 Å². The number of benzene rings is 1. The van der Waals surface area contributed by atoms with E-state index in [1.807, 2.05) is 30.3 Å².